The van der Waals surface area contributed by atoms with Gasteiger partial charge in [-0.1, -0.05) is 54.1 Å². The molecule has 0 aliphatic carbocycles. The van der Waals surface area contributed by atoms with E-state index in [9.17, 15) is 9.59 Å². The molecule has 0 atom stereocenters. The first-order chi connectivity index (χ1) is 15.6. The first-order valence-electron chi connectivity index (χ1n) is 9.52. The SMILES string of the molecule is COc1ccccc1C(=O)N/N=C\c1cccc(OC(=O)c2sc3ccccc3c2Cl)c1. The largest absolute Gasteiger partial charge is 0.496 e. The predicted molar refractivity (Wildman–Crippen MR) is 126 cm³/mol. The molecule has 160 valence electrons. The van der Waals surface area contributed by atoms with Crippen LogP contribution in [0.25, 0.3) is 10.1 Å². The van der Waals surface area contributed by atoms with Crippen LogP contribution in [0.5, 0.6) is 11.5 Å². The van der Waals surface area contributed by atoms with E-state index >= 15 is 0 Å². The number of hydrogen-bond acceptors (Lipinski definition) is 6. The molecule has 0 spiro atoms. The third-order valence-electron chi connectivity index (χ3n) is 4.52. The van der Waals surface area contributed by atoms with E-state index in [1.54, 1.807) is 48.5 Å². The van der Waals surface area contributed by atoms with Gasteiger partial charge in [-0.3, -0.25) is 4.79 Å². The van der Waals surface area contributed by atoms with Gasteiger partial charge in [-0.05, 0) is 35.9 Å². The lowest BCUT2D eigenvalue weighted by atomic mass is 10.2. The van der Waals surface area contributed by atoms with E-state index < -0.39 is 11.9 Å². The maximum Gasteiger partial charge on any atom is 0.355 e. The lowest BCUT2D eigenvalue weighted by Gasteiger charge is -2.06. The van der Waals surface area contributed by atoms with Crippen molar-refractivity contribution in [3.63, 3.8) is 0 Å². The number of thiophene rings is 1. The summed E-state index contributed by atoms with van der Waals surface area (Å²) < 4.78 is 11.6. The van der Waals surface area contributed by atoms with Crippen LogP contribution in [-0.4, -0.2) is 25.2 Å². The number of ether oxygens (including phenoxy) is 2. The van der Waals surface area contributed by atoms with E-state index in [-0.39, 0.29) is 0 Å². The number of methoxy groups -OCH3 is 1. The minimum absolute atomic E-state index is 0.337. The number of rotatable bonds is 6. The molecular weight excluding hydrogens is 448 g/mol. The summed E-state index contributed by atoms with van der Waals surface area (Å²) in [7, 11) is 1.49. The van der Waals surface area contributed by atoms with Crippen LogP contribution in [0, 0.1) is 0 Å². The van der Waals surface area contributed by atoms with Gasteiger partial charge in [-0.2, -0.15) is 5.10 Å². The Morgan fingerprint density at radius 1 is 1.03 bits per heavy atom. The molecule has 1 heterocycles. The van der Waals surface area contributed by atoms with Crippen molar-refractivity contribution in [1.29, 1.82) is 0 Å². The van der Waals surface area contributed by atoms with E-state index in [0.29, 0.717) is 32.5 Å². The summed E-state index contributed by atoms with van der Waals surface area (Å²) in [5, 5.41) is 5.17. The third-order valence-corrected chi connectivity index (χ3v) is 6.18. The summed E-state index contributed by atoms with van der Waals surface area (Å²) in [6.07, 6.45) is 1.46. The highest BCUT2D eigenvalue weighted by Gasteiger charge is 2.19. The topological polar surface area (TPSA) is 77.0 Å². The summed E-state index contributed by atoms with van der Waals surface area (Å²) in [6.45, 7) is 0. The molecule has 0 aliphatic heterocycles. The number of nitrogens with one attached hydrogen (secondary N) is 1. The number of esters is 1. The molecule has 0 aliphatic rings. The molecule has 0 bridgehead atoms. The summed E-state index contributed by atoms with van der Waals surface area (Å²) in [5.41, 5.74) is 3.47. The molecule has 1 N–H and O–H groups in total. The van der Waals surface area contributed by atoms with Gasteiger partial charge in [0.15, 0.2) is 0 Å². The van der Waals surface area contributed by atoms with Crippen LogP contribution in [-0.2, 0) is 0 Å². The normalized spacial score (nSPS) is 10.9. The zero-order valence-electron chi connectivity index (χ0n) is 16.9. The van der Waals surface area contributed by atoms with Crippen LogP contribution in [0.1, 0.15) is 25.6 Å². The van der Waals surface area contributed by atoms with Gasteiger partial charge in [0.1, 0.15) is 16.4 Å². The standard InChI is InChI=1S/C24H17ClN2O4S/c1-30-19-11-4-2-9-17(19)23(28)27-26-14-15-7-6-8-16(13-15)31-24(29)22-21(25)18-10-3-5-12-20(18)32-22/h2-14H,1H3,(H,27,28)/b26-14-. The van der Waals surface area contributed by atoms with Gasteiger partial charge in [0.2, 0.25) is 0 Å². The molecule has 6 nitrogen and oxygen atoms in total. The Balaban J connectivity index is 1.44. The minimum Gasteiger partial charge on any atom is -0.496 e. The van der Waals surface area contributed by atoms with Gasteiger partial charge in [0.25, 0.3) is 5.91 Å². The number of hydrazone groups is 1. The molecule has 4 rings (SSSR count). The number of para-hydroxylation sites is 1. The summed E-state index contributed by atoms with van der Waals surface area (Å²) in [5.74, 6) is -0.145. The fourth-order valence-corrected chi connectivity index (χ4v) is 4.40. The Bertz CT molecular complexity index is 1330. The van der Waals surface area contributed by atoms with Crippen molar-refractivity contribution in [2.24, 2.45) is 5.10 Å². The Labute approximate surface area is 193 Å². The van der Waals surface area contributed by atoms with Crippen LogP contribution in [0.3, 0.4) is 0 Å². The van der Waals surface area contributed by atoms with Crippen LogP contribution in [0.2, 0.25) is 5.02 Å². The number of carbonyl (C=O) groups excluding carboxylic acids is 2. The minimum atomic E-state index is -0.533. The van der Waals surface area contributed by atoms with E-state index in [4.69, 9.17) is 21.1 Å². The molecule has 32 heavy (non-hydrogen) atoms. The fourth-order valence-electron chi connectivity index (χ4n) is 3.01. The molecule has 0 radical (unpaired) electrons. The second-order valence-corrected chi connectivity index (χ2v) is 8.03. The first kappa shape index (κ1) is 21.5. The van der Waals surface area contributed by atoms with Gasteiger partial charge >= 0.3 is 5.97 Å². The van der Waals surface area contributed by atoms with Gasteiger partial charge in [-0.25, -0.2) is 10.2 Å². The van der Waals surface area contributed by atoms with Crippen LogP contribution in [0.15, 0.2) is 77.9 Å². The van der Waals surface area contributed by atoms with Gasteiger partial charge in [-0.15, -0.1) is 11.3 Å². The summed E-state index contributed by atoms with van der Waals surface area (Å²) in [6, 6.07) is 21.1. The number of nitrogens with zero attached hydrogens (tertiary/aromatic N) is 1. The first-order valence-corrected chi connectivity index (χ1v) is 10.7. The van der Waals surface area contributed by atoms with Gasteiger partial charge in [0, 0.05) is 10.1 Å². The monoisotopic (exact) mass is 464 g/mol. The van der Waals surface area contributed by atoms with Crippen LogP contribution >= 0.6 is 22.9 Å². The second-order valence-electron chi connectivity index (χ2n) is 6.60. The van der Waals surface area contributed by atoms with Crippen molar-refractivity contribution in [2.75, 3.05) is 7.11 Å². The molecule has 8 heteroatoms. The zero-order chi connectivity index (χ0) is 22.5. The van der Waals surface area contributed by atoms with Crippen molar-refractivity contribution < 1.29 is 19.1 Å². The molecule has 3 aromatic carbocycles. The Morgan fingerprint density at radius 2 is 1.81 bits per heavy atom. The van der Waals surface area contributed by atoms with Crippen molar-refractivity contribution in [2.45, 2.75) is 0 Å². The van der Waals surface area contributed by atoms with E-state index in [2.05, 4.69) is 10.5 Å². The van der Waals surface area contributed by atoms with Gasteiger partial charge in [0.05, 0.1) is 23.9 Å². The molecule has 1 aromatic heterocycles. The van der Waals surface area contributed by atoms with Crippen molar-refractivity contribution >= 4 is 51.1 Å². The summed E-state index contributed by atoms with van der Waals surface area (Å²) in [4.78, 5) is 25.3. The lowest BCUT2D eigenvalue weighted by molar-refractivity contribution is 0.0739. The molecule has 0 unspecified atom stereocenters. The average Bonchev–Trinajstić information content (AvgIpc) is 3.16. The number of carbonyl (C=O) groups is 2. The quantitative estimate of drug-likeness (QED) is 0.176. The van der Waals surface area contributed by atoms with Crippen LogP contribution < -0.4 is 14.9 Å². The second kappa shape index (κ2) is 9.64. The van der Waals surface area contributed by atoms with Crippen molar-refractivity contribution in [1.82, 2.24) is 5.43 Å². The molecule has 1 amide bonds. The molecule has 4 aromatic rings. The van der Waals surface area contributed by atoms with Crippen molar-refractivity contribution in [3.05, 3.63) is 93.8 Å². The number of benzene rings is 3. The molecule has 0 saturated carbocycles. The molecule has 0 saturated heterocycles. The summed E-state index contributed by atoms with van der Waals surface area (Å²) >= 11 is 7.64. The number of fused-ring (bicyclic) bond motifs is 1. The predicted octanol–water partition coefficient (Wildman–Crippen LogP) is 5.55. The van der Waals surface area contributed by atoms with E-state index in [0.717, 1.165) is 10.1 Å². The fraction of sp³-hybridized carbons (Fsp3) is 0.0417. The maximum absolute atomic E-state index is 12.6. The lowest BCUT2D eigenvalue weighted by Crippen LogP contribution is -2.18. The Hall–Kier alpha value is -3.68. The molecular formula is C24H17ClN2O4S. The number of halogens is 1. The highest BCUT2D eigenvalue weighted by atomic mass is 35.5. The van der Waals surface area contributed by atoms with Gasteiger partial charge < -0.3 is 9.47 Å². The van der Waals surface area contributed by atoms with Crippen molar-refractivity contribution in [3.8, 4) is 11.5 Å². The highest BCUT2D eigenvalue weighted by Crippen LogP contribution is 2.35. The Morgan fingerprint density at radius 3 is 2.62 bits per heavy atom. The maximum atomic E-state index is 12.6. The zero-order valence-corrected chi connectivity index (χ0v) is 18.4. The highest BCUT2D eigenvalue weighted by molar-refractivity contribution is 7.21. The number of amides is 1. The third kappa shape index (κ3) is 4.64. The van der Waals surface area contributed by atoms with E-state index in [1.165, 1.54) is 24.7 Å². The van der Waals surface area contributed by atoms with E-state index in [1.807, 2.05) is 24.3 Å². The smallest absolute Gasteiger partial charge is 0.355 e. The molecule has 0 fully saturated rings. The number of hydrogen-bond donors (Lipinski definition) is 1. The van der Waals surface area contributed by atoms with Crippen LogP contribution in [0.4, 0.5) is 0 Å². The Kier molecular flexibility index (Phi) is 6.49. The average molecular weight is 465 g/mol.